The van der Waals surface area contributed by atoms with Crippen LogP contribution in [0.5, 0.6) is 0 Å². The summed E-state index contributed by atoms with van der Waals surface area (Å²) in [5.41, 5.74) is 2.70. The second-order valence-corrected chi connectivity index (χ2v) is 4.57. The lowest BCUT2D eigenvalue weighted by Crippen LogP contribution is -2.10. The molecule has 1 N–H and O–H groups in total. The summed E-state index contributed by atoms with van der Waals surface area (Å²) in [7, 11) is 1.93. The van der Waals surface area contributed by atoms with E-state index in [4.69, 9.17) is 0 Å². The van der Waals surface area contributed by atoms with Crippen LogP contribution in [-0.2, 0) is 13.5 Å². The van der Waals surface area contributed by atoms with E-state index in [-0.39, 0.29) is 0 Å². The zero-order valence-electron chi connectivity index (χ0n) is 11.4. The molecule has 3 heteroatoms. The maximum Gasteiger partial charge on any atom is 0.148 e. The molecular formula is C15H21N3. The molecule has 1 aromatic heterocycles. The molecule has 96 valence electrons. The van der Waals surface area contributed by atoms with E-state index in [1.54, 1.807) is 0 Å². The van der Waals surface area contributed by atoms with Crippen molar-refractivity contribution in [3.8, 4) is 0 Å². The number of nitrogens with one attached hydrogen (secondary N) is 1. The van der Waals surface area contributed by atoms with Crippen LogP contribution in [0.1, 0.15) is 37.4 Å². The monoisotopic (exact) mass is 243 g/mol. The van der Waals surface area contributed by atoms with E-state index in [1.807, 2.05) is 24.0 Å². The quantitative estimate of drug-likeness (QED) is 0.870. The van der Waals surface area contributed by atoms with Crippen molar-refractivity contribution in [2.24, 2.45) is 7.05 Å². The first-order chi connectivity index (χ1) is 8.72. The third-order valence-electron chi connectivity index (χ3n) is 3.23. The van der Waals surface area contributed by atoms with Crippen LogP contribution in [-0.4, -0.2) is 9.78 Å². The smallest absolute Gasteiger partial charge is 0.148 e. The highest BCUT2D eigenvalue weighted by Crippen LogP contribution is 2.21. The van der Waals surface area contributed by atoms with Gasteiger partial charge in [-0.05, 0) is 24.0 Å². The van der Waals surface area contributed by atoms with Gasteiger partial charge >= 0.3 is 0 Å². The van der Waals surface area contributed by atoms with Crippen molar-refractivity contribution < 1.29 is 0 Å². The van der Waals surface area contributed by atoms with Crippen molar-refractivity contribution in [1.82, 2.24) is 9.78 Å². The number of aromatic nitrogens is 2. The highest BCUT2D eigenvalue weighted by molar-refractivity contribution is 5.37. The molecule has 0 saturated heterocycles. The van der Waals surface area contributed by atoms with E-state index in [2.05, 4.69) is 48.5 Å². The summed E-state index contributed by atoms with van der Waals surface area (Å²) in [6, 6.07) is 11.2. The third-order valence-corrected chi connectivity index (χ3v) is 3.23. The standard InChI is InChI=1S/C15H21N3/c1-4-12-6-8-13(9-7-12)14(5-2)16-15-10-11-18(3)17-15/h6-11,14H,4-5H2,1-3H3,(H,16,17). The van der Waals surface area contributed by atoms with Gasteiger partial charge in [0.15, 0.2) is 0 Å². The summed E-state index contributed by atoms with van der Waals surface area (Å²) < 4.78 is 1.81. The Morgan fingerprint density at radius 2 is 1.89 bits per heavy atom. The van der Waals surface area contributed by atoms with Crippen molar-refractivity contribution in [1.29, 1.82) is 0 Å². The number of hydrogen-bond acceptors (Lipinski definition) is 2. The number of hydrogen-bond donors (Lipinski definition) is 1. The molecule has 1 unspecified atom stereocenters. The van der Waals surface area contributed by atoms with Crippen LogP contribution in [0.3, 0.4) is 0 Å². The Kier molecular flexibility index (Phi) is 4.03. The minimum atomic E-state index is 0.325. The Bertz CT molecular complexity index is 485. The summed E-state index contributed by atoms with van der Waals surface area (Å²) >= 11 is 0. The van der Waals surface area contributed by atoms with Crippen LogP contribution < -0.4 is 5.32 Å². The lowest BCUT2D eigenvalue weighted by atomic mass is 10.0. The summed E-state index contributed by atoms with van der Waals surface area (Å²) in [6.45, 7) is 4.37. The Morgan fingerprint density at radius 1 is 1.17 bits per heavy atom. The van der Waals surface area contributed by atoms with Crippen LogP contribution in [0.4, 0.5) is 5.82 Å². The fourth-order valence-corrected chi connectivity index (χ4v) is 2.08. The second-order valence-electron chi connectivity index (χ2n) is 4.57. The predicted molar refractivity (Wildman–Crippen MR) is 75.7 cm³/mol. The molecule has 0 spiro atoms. The van der Waals surface area contributed by atoms with E-state index in [0.717, 1.165) is 18.7 Å². The number of anilines is 1. The molecule has 1 atom stereocenters. The van der Waals surface area contributed by atoms with Crippen molar-refractivity contribution in [3.05, 3.63) is 47.7 Å². The first kappa shape index (κ1) is 12.7. The Hall–Kier alpha value is -1.77. The SMILES string of the molecule is CCc1ccc(C(CC)Nc2ccn(C)n2)cc1. The average Bonchev–Trinajstić information content (AvgIpc) is 2.82. The molecular weight excluding hydrogens is 222 g/mol. The van der Waals surface area contributed by atoms with Gasteiger partial charge < -0.3 is 5.32 Å². The lowest BCUT2D eigenvalue weighted by molar-refractivity contribution is 0.724. The molecule has 2 aromatic rings. The normalized spacial score (nSPS) is 12.4. The topological polar surface area (TPSA) is 29.9 Å². The molecule has 0 bridgehead atoms. The molecule has 0 fully saturated rings. The van der Waals surface area contributed by atoms with E-state index >= 15 is 0 Å². The Balaban J connectivity index is 2.12. The third kappa shape index (κ3) is 2.92. The number of rotatable bonds is 5. The first-order valence-electron chi connectivity index (χ1n) is 6.58. The largest absolute Gasteiger partial charge is 0.362 e. The van der Waals surface area contributed by atoms with Crippen molar-refractivity contribution in [3.63, 3.8) is 0 Å². The molecule has 18 heavy (non-hydrogen) atoms. The van der Waals surface area contributed by atoms with Gasteiger partial charge in [-0.2, -0.15) is 5.10 Å². The number of aryl methyl sites for hydroxylation is 2. The zero-order valence-corrected chi connectivity index (χ0v) is 11.4. The van der Waals surface area contributed by atoms with Gasteiger partial charge in [0.05, 0.1) is 6.04 Å². The van der Waals surface area contributed by atoms with Crippen LogP contribution in [0, 0.1) is 0 Å². The van der Waals surface area contributed by atoms with Gasteiger partial charge in [0, 0.05) is 19.3 Å². The van der Waals surface area contributed by atoms with Gasteiger partial charge in [0.2, 0.25) is 0 Å². The van der Waals surface area contributed by atoms with E-state index in [0.29, 0.717) is 6.04 Å². The number of nitrogens with zero attached hydrogens (tertiary/aromatic N) is 2. The van der Waals surface area contributed by atoms with Crippen molar-refractivity contribution in [2.45, 2.75) is 32.7 Å². The van der Waals surface area contributed by atoms with Crippen LogP contribution in [0.2, 0.25) is 0 Å². The minimum absolute atomic E-state index is 0.325. The summed E-state index contributed by atoms with van der Waals surface area (Å²) in [5, 5.41) is 7.83. The fourth-order valence-electron chi connectivity index (χ4n) is 2.08. The molecule has 0 radical (unpaired) electrons. The summed E-state index contributed by atoms with van der Waals surface area (Å²) in [6.07, 6.45) is 4.09. The fraction of sp³-hybridized carbons (Fsp3) is 0.400. The zero-order chi connectivity index (χ0) is 13.0. The van der Waals surface area contributed by atoms with E-state index in [1.165, 1.54) is 11.1 Å². The highest BCUT2D eigenvalue weighted by atomic mass is 15.3. The molecule has 0 aliphatic carbocycles. The first-order valence-corrected chi connectivity index (χ1v) is 6.58. The van der Waals surface area contributed by atoms with Gasteiger partial charge in [-0.3, -0.25) is 4.68 Å². The Labute approximate surface area is 109 Å². The maximum absolute atomic E-state index is 4.36. The van der Waals surface area contributed by atoms with E-state index < -0.39 is 0 Å². The lowest BCUT2D eigenvalue weighted by Gasteiger charge is -2.17. The van der Waals surface area contributed by atoms with Gasteiger partial charge in [0.1, 0.15) is 5.82 Å². The molecule has 1 heterocycles. The van der Waals surface area contributed by atoms with Crippen LogP contribution >= 0.6 is 0 Å². The number of benzene rings is 1. The van der Waals surface area contributed by atoms with Gasteiger partial charge in [-0.1, -0.05) is 38.1 Å². The molecule has 0 saturated carbocycles. The highest BCUT2D eigenvalue weighted by Gasteiger charge is 2.10. The summed E-state index contributed by atoms with van der Waals surface area (Å²) in [5.74, 6) is 0.934. The van der Waals surface area contributed by atoms with Crippen molar-refractivity contribution >= 4 is 5.82 Å². The molecule has 0 amide bonds. The molecule has 2 rings (SSSR count). The maximum atomic E-state index is 4.36. The van der Waals surface area contributed by atoms with Crippen LogP contribution in [0.25, 0.3) is 0 Å². The Morgan fingerprint density at radius 3 is 2.39 bits per heavy atom. The second kappa shape index (κ2) is 5.71. The van der Waals surface area contributed by atoms with Crippen molar-refractivity contribution in [2.75, 3.05) is 5.32 Å². The molecule has 0 aliphatic rings. The average molecular weight is 243 g/mol. The molecule has 0 aliphatic heterocycles. The van der Waals surface area contributed by atoms with E-state index in [9.17, 15) is 0 Å². The molecule has 1 aromatic carbocycles. The van der Waals surface area contributed by atoms with Gasteiger partial charge in [0.25, 0.3) is 0 Å². The van der Waals surface area contributed by atoms with Crippen LogP contribution in [0.15, 0.2) is 36.5 Å². The summed E-state index contributed by atoms with van der Waals surface area (Å²) in [4.78, 5) is 0. The van der Waals surface area contributed by atoms with Gasteiger partial charge in [-0.15, -0.1) is 0 Å². The minimum Gasteiger partial charge on any atom is -0.362 e. The molecule has 3 nitrogen and oxygen atoms in total. The van der Waals surface area contributed by atoms with Gasteiger partial charge in [-0.25, -0.2) is 0 Å². The predicted octanol–water partition coefficient (Wildman–Crippen LogP) is 3.55.